The third-order valence-corrected chi connectivity index (χ3v) is 2.33. The molecular formula is C10H18N2O3. The van der Waals surface area contributed by atoms with E-state index in [9.17, 15) is 9.59 Å². The van der Waals surface area contributed by atoms with Crippen molar-refractivity contribution in [2.75, 3.05) is 39.9 Å². The Morgan fingerprint density at radius 3 is 3.07 bits per heavy atom. The van der Waals surface area contributed by atoms with Crippen LogP contribution in [-0.2, 0) is 14.3 Å². The van der Waals surface area contributed by atoms with Crippen LogP contribution in [0.3, 0.4) is 0 Å². The Kier molecular flexibility index (Phi) is 5.28. The number of nitrogens with zero attached hydrogens (tertiary/aromatic N) is 1. The summed E-state index contributed by atoms with van der Waals surface area (Å²) >= 11 is 0. The minimum absolute atomic E-state index is 0.0400. The number of methoxy groups -OCH3 is 1. The van der Waals surface area contributed by atoms with Gasteiger partial charge in [0, 0.05) is 20.1 Å². The molecule has 0 atom stereocenters. The number of nitrogens with one attached hydrogen (secondary N) is 1. The molecule has 15 heavy (non-hydrogen) atoms. The average molecular weight is 214 g/mol. The lowest BCUT2D eigenvalue weighted by molar-refractivity contribution is -0.125. The first-order chi connectivity index (χ1) is 7.22. The molecule has 5 nitrogen and oxygen atoms in total. The van der Waals surface area contributed by atoms with Crippen molar-refractivity contribution in [1.29, 1.82) is 0 Å². The summed E-state index contributed by atoms with van der Waals surface area (Å²) in [5.41, 5.74) is 0. The second-order valence-electron chi connectivity index (χ2n) is 3.70. The number of hydrogen-bond acceptors (Lipinski definition) is 4. The first kappa shape index (κ1) is 12.1. The smallest absolute Gasteiger partial charge is 0.234 e. The topological polar surface area (TPSA) is 58.6 Å². The van der Waals surface area contributed by atoms with Crippen LogP contribution in [-0.4, -0.2) is 56.5 Å². The van der Waals surface area contributed by atoms with Gasteiger partial charge in [-0.15, -0.1) is 0 Å². The molecule has 0 aromatic rings. The van der Waals surface area contributed by atoms with Gasteiger partial charge in [0.2, 0.25) is 5.91 Å². The predicted octanol–water partition coefficient (Wildman–Crippen LogP) is -0.586. The Bertz CT molecular complexity index is 231. The Morgan fingerprint density at radius 2 is 2.40 bits per heavy atom. The van der Waals surface area contributed by atoms with E-state index in [2.05, 4.69) is 5.32 Å². The van der Waals surface area contributed by atoms with Crippen LogP contribution >= 0.6 is 0 Å². The van der Waals surface area contributed by atoms with Gasteiger partial charge in [0.05, 0.1) is 19.7 Å². The van der Waals surface area contributed by atoms with Gasteiger partial charge in [0.1, 0.15) is 5.78 Å². The number of Topliss-reactive ketones (excluding diaryl/α,β-unsaturated/α-hetero) is 1. The molecule has 1 rings (SSSR count). The van der Waals surface area contributed by atoms with Gasteiger partial charge < -0.3 is 10.1 Å². The van der Waals surface area contributed by atoms with Crippen molar-refractivity contribution < 1.29 is 14.3 Å². The van der Waals surface area contributed by atoms with Gasteiger partial charge >= 0.3 is 0 Å². The summed E-state index contributed by atoms with van der Waals surface area (Å²) in [5, 5.41) is 2.73. The molecule has 1 aliphatic rings. The van der Waals surface area contributed by atoms with E-state index in [0.717, 1.165) is 13.0 Å². The molecule has 86 valence electrons. The van der Waals surface area contributed by atoms with E-state index in [4.69, 9.17) is 4.74 Å². The molecule has 0 aliphatic carbocycles. The van der Waals surface area contributed by atoms with Gasteiger partial charge in [-0.05, 0) is 13.0 Å². The van der Waals surface area contributed by atoms with Crippen molar-refractivity contribution in [3.63, 3.8) is 0 Å². The summed E-state index contributed by atoms with van der Waals surface area (Å²) in [6.07, 6.45) is 1.52. The Balaban J connectivity index is 2.16. The van der Waals surface area contributed by atoms with Crippen LogP contribution in [0.5, 0.6) is 0 Å². The van der Waals surface area contributed by atoms with Crippen molar-refractivity contribution in [1.82, 2.24) is 10.2 Å². The van der Waals surface area contributed by atoms with Crippen LogP contribution in [0.25, 0.3) is 0 Å². The third kappa shape index (κ3) is 4.90. The number of ketones is 1. The predicted molar refractivity (Wildman–Crippen MR) is 55.6 cm³/mol. The highest BCUT2D eigenvalue weighted by atomic mass is 16.5. The quantitative estimate of drug-likeness (QED) is 0.622. The Labute approximate surface area is 89.8 Å². The van der Waals surface area contributed by atoms with E-state index >= 15 is 0 Å². The number of ether oxygens (including phenoxy) is 1. The van der Waals surface area contributed by atoms with Crippen LogP contribution in [0, 0.1) is 0 Å². The number of hydrogen-bond donors (Lipinski definition) is 1. The molecular weight excluding hydrogens is 196 g/mol. The largest absolute Gasteiger partial charge is 0.383 e. The average Bonchev–Trinajstić information content (AvgIpc) is 2.18. The maximum Gasteiger partial charge on any atom is 0.234 e. The van der Waals surface area contributed by atoms with E-state index in [1.54, 1.807) is 7.11 Å². The molecule has 1 fully saturated rings. The van der Waals surface area contributed by atoms with Gasteiger partial charge in [-0.2, -0.15) is 0 Å². The SMILES string of the molecule is COCCNC(=O)CN1CCCC(=O)C1. The number of carbonyl (C=O) groups is 2. The molecule has 0 radical (unpaired) electrons. The molecule has 0 unspecified atom stereocenters. The number of carbonyl (C=O) groups excluding carboxylic acids is 2. The molecule has 0 aromatic heterocycles. The van der Waals surface area contributed by atoms with Crippen molar-refractivity contribution >= 4 is 11.7 Å². The van der Waals surface area contributed by atoms with Crippen LogP contribution in [0.2, 0.25) is 0 Å². The monoisotopic (exact) mass is 214 g/mol. The second kappa shape index (κ2) is 6.53. The minimum Gasteiger partial charge on any atom is -0.383 e. The normalized spacial score (nSPS) is 17.8. The Hall–Kier alpha value is -0.940. The highest BCUT2D eigenvalue weighted by Crippen LogP contribution is 2.04. The van der Waals surface area contributed by atoms with Crippen molar-refractivity contribution in [3.8, 4) is 0 Å². The first-order valence-corrected chi connectivity index (χ1v) is 5.22. The third-order valence-electron chi connectivity index (χ3n) is 2.33. The van der Waals surface area contributed by atoms with Crippen LogP contribution in [0.1, 0.15) is 12.8 Å². The zero-order valence-electron chi connectivity index (χ0n) is 9.12. The summed E-state index contributed by atoms with van der Waals surface area (Å²) < 4.78 is 4.82. The molecule has 0 spiro atoms. The number of rotatable bonds is 5. The highest BCUT2D eigenvalue weighted by Gasteiger charge is 2.18. The van der Waals surface area contributed by atoms with Gasteiger partial charge in [-0.3, -0.25) is 14.5 Å². The summed E-state index contributed by atoms with van der Waals surface area (Å²) in [6, 6.07) is 0. The number of likely N-dealkylation sites (tertiary alicyclic amines) is 1. The lowest BCUT2D eigenvalue weighted by Gasteiger charge is -2.24. The van der Waals surface area contributed by atoms with E-state index < -0.39 is 0 Å². The van der Waals surface area contributed by atoms with Crippen LogP contribution in [0.15, 0.2) is 0 Å². The fourth-order valence-electron chi connectivity index (χ4n) is 1.59. The standard InChI is InChI=1S/C10H18N2O3/c1-15-6-4-11-10(14)8-12-5-2-3-9(13)7-12/h2-8H2,1H3,(H,11,14). The van der Waals surface area contributed by atoms with E-state index in [-0.39, 0.29) is 11.7 Å². The summed E-state index contributed by atoms with van der Waals surface area (Å²) in [7, 11) is 1.59. The maximum atomic E-state index is 11.4. The van der Waals surface area contributed by atoms with Crippen molar-refractivity contribution in [3.05, 3.63) is 0 Å². The maximum absolute atomic E-state index is 11.4. The molecule has 1 N–H and O–H groups in total. The zero-order valence-corrected chi connectivity index (χ0v) is 9.12. The fourth-order valence-corrected chi connectivity index (χ4v) is 1.59. The second-order valence-corrected chi connectivity index (χ2v) is 3.70. The molecule has 0 bridgehead atoms. The Morgan fingerprint density at radius 1 is 1.60 bits per heavy atom. The van der Waals surface area contributed by atoms with E-state index in [1.807, 2.05) is 4.90 Å². The summed E-state index contributed by atoms with van der Waals surface area (Å²) in [4.78, 5) is 24.4. The molecule has 1 aliphatic heterocycles. The molecule has 0 aromatic carbocycles. The minimum atomic E-state index is -0.0400. The fraction of sp³-hybridized carbons (Fsp3) is 0.800. The molecule has 1 heterocycles. The lowest BCUT2D eigenvalue weighted by atomic mass is 10.1. The zero-order chi connectivity index (χ0) is 11.1. The number of piperidine rings is 1. The summed E-state index contributed by atoms with van der Waals surface area (Å²) in [6.45, 7) is 2.61. The van der Waals surface area contributed by atoms with Gasteiger partial charge in [-0.1, -0.05) is 0 Å². The molecule has 1 saturated heterocycles. The van der Waals surface area contributed by atoms with Crippen molar-refractivity contribution in [2.24, 2.45) is 0 Å². The van der Waals surface area contributed by atoms with E-state index in [1.165, 1.54) is 0 Å². The first-order valence-electron chi connectivity index (χ1n) is 5.22. The van der Waals surface area contributed by atoms with E-state index in [0.29, 0.717) is 32.7 Å². The van der Waals surface area contributed by atoms with Gasteiger partial charge in [0.25, 0.3) is 0 Å². The molecule has 0 saturated carbocycles. The number of amides is 1. The van der Waals surface area contributed by atoms with Gasteiger partial charge in [-0.25, -0.2) is 0 Å². The van der Waals surface area contributed by atoms with Crippen LogP contribution in [0.4, 0.5) is 0 Å². The lowest BCUT2D eigenvalue weighted by Crippen LogP contribution is -2.43. The van der Waals surface area contributed by atoms with Crippen LogP contribution < -0.4 is 5.32 Å². The summed E-state index contributed by atoms with van der Waals surface area (Å²) in [5.74, 6) is 0.188. The highest BCUT2D eigenvalue weighted by molar-refractivity contribution is 5.83. The van der Waals surface area contributed by atoms with Gasteiger partial charge in [0.15, 0.2) is 0 Å². The molecule has 1 amide bonds. The van der Waals surface area contributed by atoms with Crippen molar-refractivity contribution in [2.45, 2.75) is 12.8 Å². The molecule has 5 heteroatoms.